The summed E-state index contributed by atoms with van der Waals surface area (Å²) in [6.45, 7) is 9.40. The Labute approximate surface area is 157 Å². The van der Waals surface area contributed by atoms with Crippen LogP contribution in [0.3, 0.4) is 0 Å². The molecule has 5 nitrogen and oxygen atoms in total. The van der Waals surface area contributed by atoms with E-state index in [4.69, 9.17) is 0 Å². The van der Waals surface area contributed by atoms with Crippen LogP contribution in [0.4, 0.5) is 0 Å². The minimum Gasteiger partial charge on any atom is -0.357 e. The first-order valence-corrected chi connectivity index (χ1v) is 9.24. The Bertz CT molecular complexity index is 581. The van der Waals surface area contributed by atoms with E-state index < -0.39 is 9.84 Å². The van der Waals surface area contributed by atoms with Crippen LogP contribution < -0.4 is 10.6 Å². The number of nitrogens with one attached hydrogen (secondary N) is 2. The lowest BCUT2D eigenvalue weighted by molar-refractivity contribution is 0.501. The molecule has 132 valence electrons. The van der Waals surface area contributed by atoms with Gasteiger partial charge in [0.2, 0.25) is 0 Å². The maximum atomic E-state index is 12.2. The highest BCUT2D eigenvalue weighted by Crippen LogP contribution is 2.11. The summed E-state index contributed by atoms with van der Waals surface area (Å²) in [5.41, 5.74) is -0.0862. The van der Waals surface area contributed by atoms with Gasteiger partial charge < -0.3 is 10.6 Å². The van der Waals surface area contributed by atoms with E-state index in [-0.39, 0.29) is 35.3 Å². The molecule has 0 atom stereocenters. The maximum Gasteiger partial charge on any atom is 0.191 e. The van der Waals surface area contributed by atoms with Crippen molar-refractivity contribution < 1.29 is 8.42 Å². The van der Waals surface area contributed by atoms with Crippen molar-refractivity contribution in [2.75, 3.05) is 18.8 Å². The van der Waals surface area contributed by atoms with Crippen LogP contribution in [-0.2, 0) is 9.84 Å². The summed E-state index contributed by atoms with van der Waals surface area (Å²) in [6, 6.07) is 8.54. The van der Waals surface area contributed by atoms with Gasteiger partial charge in [0.1, 0.15) is 0 Å². The van der Waals surface area contributed by atoms with Crippen molar-refractivity contribution in [2.45, 2.75) is 44.6 Å². The van der Waals surface area contributed by atoms with Crippen LogP contribution in [0.2, 0.25) is 0 Å². The number of guanidine groups is 1. The van der Waals surface area contributed by atoms with Gasteiger partial charge in [0.25, 0.3) is 0 Å². The Morgan fingerprint density at radius 1 is 1.17 bits per heavy atom. The van der Waals surface area contributed by atoms with Gasteiger partial charge in [-0.2, -0.15) is 0 Å². The minimum atomic E-state index is -3.22. The number of sulfone groups is 1. The summed E-state index contributed by atoms with van der Waals surface area (Å²) >= 11 is 0. The van der Waals surface area contributed by atoms with Gasteiger partial charge in [-0.3, -0.25) is 4.99 Å². The fourth-order valence-corrected chi connectivity index (χ4v) is 3.17. The maximum absolute atomic E-state index is 12.2. The predicted octanol–water partition coefficient (Wildman–Crippen LogP) is 2.82. The first kappa shape index (κ1) is 22.2. The monoisotopic (exact) mass is 453 g/mol. The number of rotatable bonds is 6. The van der Waals surface area contributed by atoms with Crippen LogP contribution in [0.1, 0.15) is 34.1 Å². The molecule has 0 amide bonds. The first-order valence-electron chi connectivity index (χ1n) is 7.59. The molecule has 0 aliphatic carbocycles. The third-order valence-electron chi connectivity index (χ3n) is 2.78. The van der Waals surface area contributed by atoms with Gasteiger partial charge in [-0.05, 0) is 46.2 Å². The molecule has 0 aromatic heterocycles. The Morgan fingerprint density at radius 2 is 1.78 bits per heavy atom. The van der Waals surface area contributed by atoms with Crippen LogP contribution in [0, 0.1) is 0 Å². The molecule has 0 aliphatic heterocycles. The number of aliphatic imine (C=N–C) groups is 1. The molecule has 0 spiro atoms. The zero-order valence-electron chi connectivity index (χ0n) is 14.3. The first-order chi connectivity index (χ1) is 10.2. The van der Waals surface area contributed by atoms with E-state index in [0.717, 1.165) is 6.54 Å². The summed E-state index contributed by atoms with van der Waals surface area (Å²) in [6.07, 6.45) is 0.498. The summed E-state index contributed by atoms with van der Waals surface area (Å²) < 4.78 is 24.3. The number of hydrogen-bond acceptors (Lipinski definition) is 3. The van der Waals surface area contributed by atoms with Crippen molar-refractivity contribution in [3.63, 3.8) is 0 Å². The average Bonchev–Trinajstić information content (AvgIpc) is 2.43. The molecule has 0 saturated heterocycles. The molecule has 0 unspecified atom stereocenters. The highest BCUT2D eigenvalue weighted by molar-refractivity contribution is 14.0. The molecule has 0 fully saturated rings. The van der Waals surface area contributed by atoms with Crippen molar-refractivity contribution in [2.24, 2.45) is 4.99 Å². The molecule has 2 N–H and O–H groups in total. The van der Waals surface area contributed by atoms with Gasteiger partial charge in [-0.15, -0.1) is 24.0 Å². The normalized spacial score (nSPS) is 12.4. The van der Waals surface area contributed by atoms with Crippen molar-refractivity contribution in [1.82, 2.24) is 10.6 Å². The average molecular weight is 453 g/mol. The second kappa shape index (κ2) is 10.1. The number of nitrogens with zero attached hydrogens (tertiary/aromatic N) is 1. The van der Waals surface area contributed by atoms with E-state index in [0.29, 0.717) is 23.8 Å². The largest absolute Gasteiger partial charge is 0.357 e. The molecular formula is C16H28IN3O2S. The van der Waals surface area contributed by atoms with Crippen LogP contribution in [0.15, 0.2) is 40.2 Å². The quantitative estimate of drug-likeness (QED) is 0.301. The molecule has 1 aromatic rings. The molecule has 7 heteroatoms. The van der Waals surface area contributed by atoms with E-state index in [2.05, 4.69) is 36.4 Å². The Kier molecular flexibility index (Phi) is 9.76. The fourth-order valence-electron chi connectivity index (χ4n) is 1.85. The van der Waals surface area contributed by atoms with Gasteiger partial charge in [0, 0.05) is 18.6 Å². The molecule has 0 bridgehead atoms. The fraction of sp³-hybridized carbons (Fsp3) is 0.562. The van der Waals surface area contributed by atoms with Crippen LogP contribution in [0.5, 0.6) is 0 Å². The summed E-state index contributed by atoms with van der Waals surface area (Å²) in [7, 11) is -3.22. The van der Waals surface area contributed by atoms with Crippen molar-refractivity contribution >= 4 is 39.8 Å². The smallest absolute Gasteiger partial charge is 0.191 e. The topological polar surface area (TPSA) is 70.6 Å². The molecule has 1 aromatic carbocycles. The Morgan fingerprint density at radius 3 is 2.30 bits per heavy atom. The summed E-state index contributed by atoms with van der Waals surface area (Å²) in [5.74, 6) is 0.821. The van der Waals surface area contributed by atoms with E-state index in [1.165, 1.54) is 0 Å². The lowest BCUT2D eigenvalue weighted by Gasteiger charge is -2.23. The molecular weight excluding hydrogens is 425 g/mol. The highest BCUT2D eigenvalue weighted by Gasteiger charge is 2.14. The van der Waals surface area contributed by atoms with Crippen LogP contribution >= 0.6 is 24.0 Å². The zero-order valence-corrected chi connectivity index (χ0v) is 17.4. The van der Waals surface area contributed by atoms with Crippen molar-refractivity contribution in [3.8, 4) is 0 Å². The van der Waals surface area contributed by atoms with E-state index in [1.807, 2.05) is 13.0 Å². The van der Waals surface area contributed by atoms with Gasteiger partial charge >= 0.3 is 0 Å². The minimum absolute atomic E-state index is 0. The van der Waals surface area contributed by atoms with Crippen LogP contribution in [-0.4, -0.2) is 38.8 Å². The van der Waals surface area contributed by atoms with E-state index in [9.17, 15) is 8.42 Å². The second-order valence-corrected chi connectivity index (χ2v) is 8.23. The van der Waals surface area contributed by atoms with Crippen molar-refractivity contribution in [3.05, 3.63) is 30.3 Å². The third-order valence-corrected chi connectivity index (χ3v) is 4.60. The van der Waals surface area contributed by atoms with Crippen molar-refractivity contribution in [1.29, 1.82) is 0 Å². The lowest BCUT2D eigenvalue weighted by atomic mass is 10.1. The molecule has 0 aliphatic rings. The number of hydrogen-bond donors (Lipinski definition) is 2. The lowest BCUT2D eigenvalue weighted by Crippen LogP contribution is -2.47. The number of benzene rings is 1. The van der Waals surface area contributed by atoms with Gasteiger partial charge in [-0.25, -0.2) is 8.42 Å². The van der Waals surface area contributed by atoms with Gasteiger partial charge in [0.15, 0.2) is 15.8 Å². The highest BCUT2D eigenvalue weighted by atomic mass is 127. The summed E-state index contributed by atoms with van der Waals surface area (Å²) in [4.78, 5) is 4.80. The Balaban J connectivity index is 0.00000484. The SMILES string of the molecule is CCNC(=NCCCS(=O)(=O)c1ccccc1)NC(C)(C)C.I. The second-order valence-electron chi connectivity index (χ2n) is 6.12. The van der Waals surface area contributed by atoms with E-state index >= 15 is 0 Å². The molecule has 0 heterocycles. The standard InChI is InChI=1S/C16H27N3O2S.HI/c1-5-17-15(19-16(2,3)4)18-12-9-13-22(20,21)14-10-7-6-8-11-14;/h6-8,10-11H,5,9,12-13H2,1-4H3,(H2,17,18,19);1H. The molecule has 0 radical (unpaired) electrons. The van der Waals surface area contributed by atoms with Crippen LogP contribution in [0.25, 0.3) is 0 Å². The molecule has 1 rings (SSSR count). The third kappa shape index (κ3) is 9.14. The van der Waals surface area contributed by atoms with Gasteiger partial charge in [0.05, 0.1) is 10.6 Å². The predicted molar refractivity (Wildman–Crippen MR) is 107 cm³/mol. The van der Waals surface area contributed by atoms with E-state index in [1.54, 1.807) is 24.3 Å². The number of halogens is 1. The molecule has 0 saturated carbocycles. The van der Waals surface area contributed by atoms with Gasteiger partial charge in [-0.1, -0.05) is 18.2 Å². The zero-order chi connectivity index (χ0) is 16.6. The Hall–Kier alpha value is -0.830. The summed E-state index contributed by atoms with van der Waals surface area (Å²) in [5, 5.41) is 6.43. The molecule has 23 heavy (non-hydrogen) atoms.